The Morgan fingerprint density at radius 3 is 2.93 bits per heavy atom. The van der Waals surface area contributed by atoms with Crippen molar-refractivity contribution in [3.05, 3.63) is 23.8 Å². The van der Waals surface area contributed by atoms with Crippen LogP contribution in [0.2, 0.25) is 0 Å². The summed E-state index contributed by atoms with van der Waals surface area (Å²) in [6.45, 7) is 4.26. The van der Waals surface area contributed by atoms with Gasteiger partial charge in [0.1, 0.15) is 12.4 Å². The smallest absolute Gasteiger partial charge is 0.115 e. The van der Waals surface area contributed by atoms with Gasteiger partial charge in [0.25, 0.3) is 0 Å². The number of aromatic nitrogens is 2. The molecule has 2 rings (SSSR count). The molecule has 4 nitrogen and oxygen atoms in total. The maximum absolute atomic E-state index is 9.99. The van der Waals surface area contributed by atoms with Gasteiger partial charge in [-0.25, -0.2) is 9.97 Å². The summed E-state index contributed by atoms with van der Waals surface area (Å²) >= 11 is 0. The van der Waals surface area contributed by atoms with Gasteiger partial charge in [-0.3, -0.25) is 0 Å². The highest BCUT2D eigenvalue weighted by atomic mass is 16.5. The van der Waals surface area contributed by atoms with Crippen LogP contribution in [0.15, 0.2) is 12.5 Å². The van der Waals surface area contributed by atoms with Crippen molar-refractivity contribution >= 4 is 0 Å². The standard InChI is InChI=1S/C11H16N2O2/c1-11(2,14)8-6-12-7-13-10(8)9-4-3-5-15-9/h6-7,9,14H,3-5H2,1-2H3. The molecule has 1 N–H and O–H groups in total. The summed E-state index contributed by atoms with van der Waals surface area (Å²) in [5, 5.41) is 9.99. The SMILES string of the molecule is CC(C)(O)c1cncnc1C1CCCO1. The number of hydrogen-bond acceptors (Lipinski definition) is 4. The summed E-state index contributed by atoms with van der Waals surface area (Å²) in [5.74, 6) is 0. The summed E-state index contributed by atoms with van der Waals surface area (Å²) in [6.07, 6.45) is 5.23. The maximum Gasteiger partial charge on any atom is 0.115 e. The molecule has 1 aromatic rings. The van der Waals surface area contributed by atoms with Crippen molar-refractivity contribution in [2.45, 2.75) is 38.4 Å². The highest BCUT2D eigenvalue weighted by Gasteiger charge is 2.28. The van der Waals surface area contributed by atoms with Gasteiger partial charge in [-0.15, -0.1) is 0 Å². The van der Waals surface area contributed by atoms with Crippen molar-refractivity contribution in [3.8, 4) is 0 Å². The zero-order chi connectivity index (χ0) is 10.9. The van der Waals surface area contributed by atoms with Gasteiger partial charge in [-0.2, -0.15) is 0 Å². The molecule has 0 amide bonds. The first kappa shape index (κ1) is 10.5. The molecular weight excluding hydrogens is 192 g/mol. The Balaban J connectivity index is 2.37. The van der Waals surface area contributed by atoms with Gasteiger partial charge < -0.3 is 9.84 Å². The molecule has 1 aromatic heterocycles. The number of nitrogens with zero attached hydrogens (tertiary/aromatic N) is 2. The van der Waals surface area contributed by atoms with Crippen LogP contribution in [0, 0.1) is 0 Å². The molecule has 0 aromatic carbocycles. The van der Waals surface area contributed by atoms with Gasteiger partial charge in [0.05, 0.1) is 11.3 Å². The predicted octanol–water partition coefficient (Wildman–Crippen LogP) is 1.56. The first-order valence-electron chi connectivity index (χ1n) is 5.23. The lowest BCUT2D eigenvalue weighted by Crippen LogP contribution is -2.20. The molecule has 82 valence electrons. The Kier molecular flexibility index (Phi) is 2.71. The van der Waals surface area contributed by atoms with Gasteiger partial charge in [-0.05, 0) is 26.7 Å². The minimum Gasteiger partial charge on any atom is -0.386 e. The van der Waals surface area contributed by atoms with Crippen LogP contribution in [-0.2, 0) is 10.3 Å². The Hall–Kier alpha value is -1.00. The minimum absolute atomic E-state index is 0.0226. The Bertz CT molecular complexity index is 341. The lowest BCUT2D eigenvalue weighted by atomic mass is 9.95. The maximum atomic E-state index is 9.99. The van der Waals surface area contributed by atoms with Gasteiger partial charge in [0.15, 0.2) is 0 Å². The van der Waals surface area contributed by atoms with Crippen molar-refractivity contribution in [1.82, 2.24) is 9.97 Å². The van der Waals surface area contributed by atoms with E-state index in [1.54, 1.807) is 20.0 Å². The summed E-state index contributed by atoms with van der Waals surface area (Å²) in [6, 6.07) is 0. The predicted molar refractivity (Wildman–Crippen MR) is 55.2 cm³/mol. The van der Waals surface area contributed by atoms with E-state index in [1.807, 2.05) is 0 Å². The van der Waals surface area contributed by atoms with Crippen LogP contribution in [0.25, 0.3) is 0 Å². The molecule has 1 atom stereocenters. The van der Waals surface area contributed by atoms with E-state index in [4.69, 9.17) is 4.74 Å². The lowest BCUT2D eigenvalue weighted by Gasteiger charge is -2.22. The van der Waals surface area contributed by atoms with Crippen LogP contribution < -0.4 is 0 Å². The molecule has 2 heterocycles. The van der Waals surface area contributed by atoms with E-state index < -0.39 is 5.60 Å². The Morgan fingerprint density at radius 1 is 1.53 bits per heavy atom. The van der Waals surface area contributed by atoms with Gasteiger partial charge in [0.2, 0.25) is 0 Å². The highest BCUT2D eigenvalue weighted by molar-refractivity contribution is 5.24. The molecule has 0 spiro atoms. The minimum atomic E-state index is -0.914. The fourth-order valence-electron chi connectivity index (χ4n) is 1.86. The first-order valence-corrected chi connectivity index (χ1v) is 5.23. The molecule has 1 unspecified atom stereocenters. The van der Waals surface area contributed by atoms with Crippen LogP contribution in [0.3, 0.4) is 0 Å². The molecule has 4 heteroatoms. The van der Waals surface area contributed by atoms with Gasteiger partial charge in [0, 0.05) is 18.4 Å². The Morgan fingerprint density at radius 2 is 2.33 bits per heavy atom. The fourth-order valence-corrected chi connectivity index (χ4v) is 1.86. The second kappa shape index (κ2) is 3.87. The number of aliphatic hydroxyl groups is 1. The van der Waals surface area contributed by atoms with E-state index in [-0.39, 0.29) is 6.10 Å². The van der Waals surface area contributed by atoms with E-state index in [1.165, 1.54) is 6.33 Å². The fraction of sp³-hybridized carbons (Fsp3) is 0.636. The lowest BCUT2D eigenvalue weighted by molar-refractivity contribution is 0.0657. The molecular formula is C11H16N2O2. The van der Waals surface area contributed by atoms with E-state index in [0.29, 0.717) is 0 Å². The number of hydrogen-bond donors (Lipinski definition) is 1. The largest absolute Gasteiger partial charge is 0.386 e. The summed E-state index contributed by atoms with van der Waals surface area (Å²) in [4.78, 5) is 8.19. The monoisotopic (exact) mass is 208 g/mol. The van der Waals surface area contributed by atoms with Crippen LogP contribution in [0.1, 0.15) is 44.1 Å². The van der Waals surface area contributed by atoms with Crippen molar-refractivity contribution in [1.29, 1.82) is 0 Å². The molecule has 15 heavy (non-hydrogen) atoms. The second-order valence-corrected chi connectivity index (χ2v) is 4.38. The topological polar surface area (TPSA) is 55.2 Å². The van der Waals surface area contributed by atoms with E-state index >= 15 is 0 Å². The van der Waals surface area contributed by atoms with Crippen molar-refractivity contribution in [2.24, 2.45) is 0 Å². The van der Waals surface area contributed by atoms with Gasteiger partial charge >= 0.3 is 0 Å². The first-order chi connectivity index (χ1) is 7.09. The molecule has 1 fully saturated rings. The molecule has 0 bridgehead atoms. The van der Waals surface area contributed by atoms with Crippen LogP contribution in [0.5, 0.6) is 0 Å². The van der Waals surface area contributed by atoms with E-state index in [0.717, 1.165) is 30.7 Å². The Labute approximate surface area is 89.3 Å². The quantitative estimate of drug-likeness (QED) is 0.801. The summed E-state index contributed by atoms with van der Waals surface area (Å²) in [5.41, 5.74) is 0.676. The third kappa shape index (κ3) is 2.16. The molecule has 0 radical (unpaired) electrons. The van der Waals surface area contributed by atoms with E-state index in [9.17, 15) is 5.11 Å². The normalized spacial score (nSPS) is 21.9. The zero-order valence-electron chi connectivity index (χ0n) is 9.10. The average Bonchev–Trinajstić information content (AvgIpc) is 2.69. The van der Waals surface area contributed by atoms with Crippen molar-refractivity contribution < 1.29 is 9.84 Å². The van der Waals surface area contributed by atoms with Crippen LogP contribution in [-0.4, -0.2) is 21.7 Å². The number of ether oxygens (including phenoxy) is 1. The van der Waals surface area contributed by atoms with Gasteiger partial charge in [-0.1, -0.05) is 0 Å². The third-order valence-electron chi connectivity index (χ3n) is 2.64. The molecule has 1 aliphatic rings. The molecule has 0 aliphatic carbocycles. The molecule has 1 saturated heterocycles. The molecule has 0 saturated carbocycles. The van der Waals surface area contributed by atoms with Crippen molar-refractivity contribution in [2.75, 3.05) is 6.61 Å². The highest BCUT2D eigenvalue weighted by Crippen LogP contribution is 2.33. The summed E-state index contributed by atoms with van der Waals surface area (Å²) in [7, 11) is 0. The van der Waals surface area contributed by atoms with Crippen LogP contribution >= 0.6 is 0 Å². The average molecular weight is 208 g/mol. The molecule has 1 aliphatic heterocycles. The zero-order valence-corrected chi connectivity index (χ0v) is 9.10. The van der Waals surface area contributed by atoms with Crippen molar-refractivity contribution in [3.63, 3.8) is 0 Å². The summed E-state index contributed by atoms with van der Waals surface area (Å²) < 4.78 is 5.57. The van der Waals surface area contributed by atoms with Crippen LogP contribution in [0.4, 0.5) is 0 Å². The second-order valence-electron chi connectivity index (χ2n) is 4.38. The third-order valence-corrected chi connectivity index (χ3v) is 2.64. The number of rotatable bonds is 2. The van der Waals surface area contributed by atoms with E-state index in [2.05, 4.69) is 9.97 Å².